The number of nitrogens with one attached hydrogen (secondary N) is 1. The van der Waals surface area contributed by atoms with Crippen molar-refractivity contribution in [2.24, 2.45) is 0 Å². The lowest BCUT2D eigenvalue weighted by atomic mass is 9.97. The highest BCUT2D eigenvalue weighted by Crippen LogP contribution is 2.33. The predicted molar refractivity (Wildman–Crippen MR) is 163 cm³/mol. The lowest BCUT2D eigenvalue weighted by molar-refractivity contribution is 0.243. The van der Waals surface area contributed by atoms with E-state index in [4.69, 9.17) is 0 Å². The second-order valence-corrected chi connectivity index (χ2v) is 10.3. The SMILES string of the molecule is Oc1ccc2c3c(ccnc13)CN(Cc1ccccc1)C2.Oc1cccc2c(CNCc3ccccc3)ccnc12. The van der Waals surface area contributed by atoms with Gasteiger partial charge in [0.15, 0.2) is 0 Å². The first-order valence-electron chi connectivity index (χ1n) is 13.8. The summed E-state index contributed by atoms with van der Waals surface area (Å²) < 4.78 is 0. The second kappa shape index (κ2) is 12.2. The third-order valence-corrected chi connectivity index (χ3v) is 7.41. The number of hydrogen-bond acceptors (Lipinski definition) is 6. The molecule has 3 heterocycles. The van der Waals surface area contributed by atoms with Crippen LogP contribution in [0, 0.1) is 0 Å². The van der Waals surface area contributed by atoms with Gasteiger partial charge in [0, 0.05) is 55.9 Å². The molecule has 7 rings (SSSR count). The first-order chi connectivity index (χ1) is 20.2. The average molecular weight is 541 g/mol. The van der Waals surface area contributed by atoms with Crippen molar-refractivity contribution in [3.8, 4) is 11.5 Å². The topological polar surface area (TPSA) is 81.5 Å². The molecular weight excluding hydrogens is 508 g/mol. The van der Waals surface area contributed by atoms with E-state index in [9.17, 15) is 10.2 Å². The molecule has 0 saturated carbocycles. The highest BCUT2D eigenvalue weighted by molar-refractivity contribution is 5.90. The number of para-hydroxylation sites is 1. The third kappa shape index (κ3) is 6.04. The highest BCUT2D eigenvalue weighted by atomic mass is 16.3. The van der Waals surface area contributed by atoms with Gasteiger partial charge in [0.2, 0.25) is 0 Å². The minimum atomic E-state index is 0.229. The molecule has 3 N–H and O–H groups in total. The van der Waals surface area contributed by atoms with Crippen LogP contribution in [-0.4, -0.2) is 25.1 Å². The molecule has 0 atom stereocenters. The van der Waals surface area contributed by atoms with Crippen LogP contribution >= 0.6 is 0 Å². The number of phenolic OH excluding ortho intramolecular Hbond substituents is 2. The molecule has 0 spiro atoms. The van der Waals surface area contributed by atoms with E-state index in [2.05, 4.69) is 62.6 Å². The zero-order valence-corrected chi connectivity index (χ0v) is 22.7. The van der Waals surface area contributed by atoms with Crippen molar-refractivity contribution < 1.29 is 10.2 Å². The molecular formula is C35H32N4O2. The maximum Gasteiger partial charge on any atom is 0.141 e. The van der Waals surface area contributed by atoms with Crippen LogP contribution in [0.1, 0.15) is 27.8 Å². The number of aromatic hydroxyl groups is 2. The van der Waals surface area contributed by atoms with Crippen molar-refractivity contribution >= 4 is 21.8 Å². The van der Waals surface area contributed by atoms with E-state index in [1.54, 1.807) is 24.5 Å². The van der Waals surface area contributed by atoms with Gasteiger partial charge in [-0.05, 0) is 52.1 Å². The number of benzene rings is 4. The Bertz CT molecular complexity index is 1760. The van der Waals surface area contributed by atoms with Crippen molar-refractivity contribution in [1.82, 2.24) is 20.2 Å². The Labute approximate surface area is 239 Å². The van der Waals surface area contributed by atoms with Crippen LogP contribution in [0.4, 0.5) is 0 Å². The molecule has 0 amide bonds. The minimum absolute atomic E-state index is 0.229. The Kier molecular flexibility index (Phi) is 7.85. The summed E-state index contributed by atoms with van der Waals surface area (Å²) in [7, 11) is 0. The van der Waals surface area contributed by atoms with E-state index in [-0.39, 0.29) is 11.5 Å². The predicted octanol–water partition coefficient (Wildman–Crippen LogP) is 6.69. The fraction of sp³-hybridized carbons (Fsp3) is 0.143. The molecule has 41 heavy (non-hydrogen) atoms. The summed E-state index contributed by atoms with van der Waals surface area (Å²) >= 11 is 0. The van der Waals surface area contributed by atoms with Crippen LogP contribution in [0.15, 0.2) is 116 Å². The molecule has 0 bridgehead atoms. The number of aromatic nitrogens is 2. The van der Waals surface area contributed by atoms with Crippen LogP contribution in [0.5, 0.6) is 11.5 Å². The Balaban J connectivity index is 0.000000148. The number of pyridine rings is 2. The summed E-state index contributed by atoms with van der Waals surface area (Å²) in [4.78, 5) is 11.0. The van der Waals surface area contributed by atoms with Gasteiger partial charge >= 0.3 is 0 Å². The molecule has 0 saturated heterocycles. The smallest absolute Gasteiger partial charge is 0.141 e. The van der Waals surface area contributed by atoms with Gasteiger partial charge in [0.25, 0.3) is 0 Å². The van der Waals surface area contributed by atoms with Crippen molar-refractivity contribution in [1.29, 1.82) is 0 Å². The van der Waals surface area contributed by atoms with Crippen molar-refractivity contribution in [3.63, 3.8) is 0 Å². The number of fused-ring (bicyclic) bond motifs is 1. The maximum absolute atomic E-state index is 9.96. The summed E-state index contributed by atoms with van der Waals surface area (Å²) in [6.07, 6.45) is 3.52. The molecule has 2 aromatic heterocycles. The second-order valence-electron chi connectivity index (χ2n) is 10.3. The first kappa shape index (κ1) is 26.4. The monoisotopic (exact) mass is 540 g/mol. The molecule has 0 radical (unpaired) electrons. The molecule has 6 aromatic rings. The molecule has 1 aliphatic heterocycles. The van der Waals surface area contributed by atoms with E-state index in [1.165, 1.54) is 22.3 Å². The van der Waals surface area contributed by atoms with Crippen molar-refractivity contribution in [2.75, 3.05) is 0 Å². The van der Waals surface area contributed by atoms with Gasteiger partial charge in [-0.1, -0.05) is 78.9 Å². The van der Waals surface area contributed by atoms with E-state index in [1.807, 2.05) is 48.5 Å². The standard InChI is InChI=1S/C18H16N2O.C17H16N2O/c21-16-7-6-14-11-20(10-13-4-2-1-3-5-13)12-15-8-9-19-18(16)17(14)15;20-16-8-4-7-15-14(9-10-19-17(15)16)12-18-11-13-5-2-1-3-6-13/h1-9,21H,10-12H2;1-10,18,20H,11-12H2. The van der Waals surface area contributed by atoms with Gasteiger partial charge in [0.05, 0.1) is 0 Å². The van der Waals surface area contributed by atoms with E-state index >= 15 is 0 Å². The number of phenols is 2. The molecule has 0 fully saturated rings. The van der Waals surface area contributed by atoms with E-state index < -0.39 is 0 Å². The van der Waals surface area contributed by atoms with Crippen molar-refractivity contribution in [3.05, 3.63) is 143 Å². The van der Waals surface area contributed by atoms with Crippen LogP contribution in [-0.2, 0) is 32.7 Å². The van der Waals surface area contributed by atoms with Gasteiger partial charge in [0.1, 0.15) is 22.5 Å². The lowest BCUT2D eigenvalue weighted by Crippen LogP contribution is -2.26. The Hall–Kier alpha value is -4.78. The molecule has 0 unspecified atom stereocenters. The minimum Gasteiger partial charge on any atom is -0.506 e. The number of rotatable bonds is 6. The molecule has 6 heteroatoms. The van der Waals surface area contributed by atoms with Crippen LogP contribution < -0.4 is 5.32 Å². The van der Waals surface area contributed by atoms with Gasteiger partial charge in [-0.2, -0.15) is 0 Å². The van der Waals surface area contributed by atoms with E-state index in [0.29, 0.717) is 5.52 Å². The van der Waals surface area contributed by atoms with E-state index in [0.717, 1.165) is 54.6 Å². The molecule has 204 valence electrons. The van der Waals surface area contributed by atoms with Crippen LogP contribution in [0.3, 0.4) is 0 Å². The highest BCUT2D eigenvalue weighted by Gasteiger charge is 2.20. The number of nitrogens with zero attached hydrogens (tertiary/aromatic N) is 3. The molecule has 0 aliphatic carbocycles. The zero-order valence-electron chi connectivity index (χ0n) is 22.7. The quantitative estimate of drug-likeness (QED) is 0.219. The Morgan fingerprint density at radius 1 is 0.610 bits per heavy atom. The summed E-state index contributed by atoms with van der Waals surface area (Å²) in [6, 6.07) is 34.1. The number of hydrogen-bond donors (Lipinski definition) is 3. The fourth-order valence-electron chi connectivity index (χ4n) is 5.46. The normalized spacial score (nSPS) is 12.7. The van der Waals surface area contributed by atoms with Crippen molar-refractivity contribution in [2.45, 2.75) is 32.7 Å². The third-order valence-electron chi connectivity index (χ3n) is 7.41. The van der Waals surface area contributed by atoms with Gasteiger partial charge < -0.3 is 15.5 Å². The lowest BCUT2D eigenvalue weighted by Gasteiger charge is -2.29. The van der Waals surface area contributed by atoms with Gasteiger partial charge in [-0.15, -0.1) is 0 Å². The maximum atomic E-state index is 9.96. The molecule has 4 aromatic carbocycles. The summed E-state index contributed by atoms with van der Waals surface area (Å²) in [5.41, 5.74) is 7.60. The summed E-state index contributed by atoms with van der Waals surface area (Å²) in [5.74, 6) is 0.500. The van der Waals surface area contributed by atoms with Gasteiger partial charge in [-0.3, -0.25) is 14.9 Å². The summed E-state index contributed by atoms with van der Waals surface area (Å²) in [6.45, 7) is 4.29. The average Bonchev–Trinajstić information content (AvgIpc) is 3.01. The fourth-order valence-corrected chi connectivity index (χ4v) is 5.46. The van der Waals surface area contributed by atoms with Crippen LogP contribution in [0.25, 0.3) is 21.8 Å². The van der Waals surface area contributed by atoms with Gasteiger partial charge in [-0.25, -0.2) is 0 Å². The Morgan fingerprint density at radius 3 is 2.05 bits per heavy atom. The zero-order chi connectivity index (χ0) is 28.0. The molecule has 6 nitrogen and oxygen atoms in total. The summed E-state index contributed by atoms with van der Waals surface area (Å²) in [5, 5.41) is 25.3. The Morgan fingerprint density at radius 2 is 1.27 bits per heavy atom. The largest absolute Gasteiger partial charge is 0.506 e. The molecule has 1 aliphatic rings. The van der Waals surface area contributed by atoms with Crippen LogP contribution in [0.2, 0.25) is 0 Å². The first-order valence-corrected chi connectivity index (χ1v) is 13.8.